The van der Waals surface area contributed by atoms with Gasteiger partial charge in [-0.3, -0.25) is 0 Å². The lowest BCUT2D eigenvalue weighted by molar-refractivity contribution is 0.233. The summed E-state index contributed by atoms with van der Waals surface area (Å²) in [6.07, 6.45) is 0. The largest absolute Gasteiger partial charge is 0.481 e. The second-order valence-electron chi connectivity index (χ2n) is 4.77. The monoisotopic (exact) mass is 260 g/mol. The zero-order chi connectivity index (χ0) is 13.7. The number of pyridine rings is 1. The summed E-state index contributed by atoms with van der Waals surface area (Å²) < 4.78 is 5.34. The lowest BCUT2D eigenvalue weighted by atomic mass is 10.1. The number of hydrogen-bond acceptors (Lipinski definition) is 4. The summed E-state index contributed by atoms with van der Waals surface area (Å²) >= 11 is 0. The van der Waals surface area contributed by atoms with E-state index < -0.39 is 0 Å². The minimum absolute atomic E-state index is 0.195. The van der Waals surface area contributed by atoms with Crippen LogP contribution in [0.3, 0.4) is 0 Å². The van der Waals surface area contributed by atoms with E-state index in [0.29, 0.717) is 12.4 Å². The van der Waals surface area contributed by atoms with Gasteiger partial charge in [0.2, 0.25) is 5.88 Å². The van der Waals surface area contributed by atoms with Crippen molar-refractivity contribution in [2.24, 2.45) is 5.92 Å². The van der Waals surface area contributed by atoms with E-state index in [9.17, 15) is 0 Å². The zero-order valence-corrected chi connectivity index (χ0v) is 11.4. The van der Waals surface area contributed by atoms with Gasteiger partial charge in [-0.2, -0.15) is 0 Å². The molecule has 0 fully saturated rings. The molecule has 19 heavy (non-hydrogen) atoms. The van der Waals surface area contributed by atoms with Crippen LogP contribution in [0.5, 0.6) is 5.88 Å². The molecule has 0 aliphatic carbocycles. The Labute approximate surface area is 113 Å². The Morgan fingerprint density at radius 2 is 2.16 bits per heavy atom. The molecule has 2 rings (SSSR count). The summed E-state index contributed by atoms with van der Waals surface area (Å²) in [6.45, 7) is 3.65. The van der Waals surface area contributed by atoms with E-state index in [-0.39, 0.29) is 12.5 Å². The molecule has 102 valence electrons. The number of aliphatic hydroxyl groups is 1. The average Bonchev–Trinajstić information content (AvgIpc) is 2.46. The van der Waals surface area contributed by atoms with E-state index in [2.05, 4.69) is 16.4 Å². The number of methoxy groups -OCH3 is 1. The molecule has 0 saturated heterocycles. The average molecular weight is 260 g/mol. The molecule has 1 unspecified atom stereocenters. The third kappa shape index (κ3) is 3.43. The predicted octanol–water partition coefficient (Wildman–Crippen LogP) is 1.96. The minimum Gasteiger partial charge on any atom is -0.481 e. The summed E-state index contributed by atoms with van der Waals surface area (Å²) in [5.41, 5.74) is 1.97. The van der Waals surface area contributed by atoms with Gasteiger partial charge >= 0.3 is 0 Å². The summed E-state index contributed by atoms with van der Waals surface area (Å²) in [4.78, 5) is 4.50. The molecule has 2 N–H and O–H groups in total. The molecular weight excluding hydrogens is 240 g/mol. The first-order valence-electron chi connectivity index (χ1n) is 6.49. The van der Waals surface area contributed by atoms with E-state index in [1.54, 1.807) is 7.11 Å². The van der Waals surface area contributed by atoms with Gasteiger partial charge < -0.3 is 15.2 Å². The van der Waals surface area contributed by atoms with Gasteiger partial charge in [0.05, 0.1) is 12.6 Å². The molecule has 0 spiro atoms. The molecule has 1 heterocycles. The smallest absolute Gasteiger partial charge is 0.218 e. The molecule has 1 aromatic heterocycles. The summed E-state index contributed by atoms with van der Waals surface area (Å²) in [6, 6.07) is 10.1. The van der Waals surface area contributed by atoms with E-state index in [4.69, 9.17) is 9.84 Å². The van der Waals surface area contributed by atoms with Gasteiger partial charge in [0.25, 0.3) is 0 Å². The van der Waals surface area contributed by atoms with Crippen molar-refractivity contribution < 1.29 is 9.84 Å². The zero-order valence-electron chi connectivity index (χ0n) is 11.4. The summed E-state index contributed by atoms with van der Waals surface area (Å²) in [7, 11) is 1.64. The number of rotatable bonds is 6. The Balaban J connectivity index is 2.16. The molecule has 0 bridgehead atoms. The molecular formula is C15H20N2O2. The first-order valence-corrected chi connectivity index (χ1v) is 6.49. The fourth-order valence-electron chi connectivity index (χ4n) is 1.96. The molecule has 1 atom stereocenters. The number of aliphatic hydroxyl groups excluding tert-OH is 1. The third-order valence-electron chi connectivity index (χ3n) is 3.08. The topological polar surface area (TPSA) is 54.4 Å². The van der Waals surface area contributed by atoms with Gasteiger partial charge in [-0.25, -0.2) is 4.98 Å². The van der Waals surface area contributed by atoms with Crippen LogP contribution in [0.2, 0.25) is 0 Å². The van der Waals surface area contributed by atoms with Crippen LogP contribution in [-0.2, 0) is 6.54 Å². The standard InChI is InChI=1S/C15H20N2O2/c1-11(10-18)8-16-9-13-7-12-5-3-4-6-14(12)17-15(13)19-2/h3-7,11,16,18H,8-10H2,1-2H3. The van der Waals surface area contributed by atoms with Crippen molar-refractivity contribution >= 4 is 10.9 Å². The van der Waals surface area contributed by atoms with Crippen LogP contribution < -0.4 is 10.1 Å². The Kier molecular flexibility index (Phi) is 4.71. The SMILES string of the molecule is COc1nc2ccccc2cc1CNCC(C)CO. The van der Waals surface area contributed by atoms with E-state index in [0.717, 1.165) is 23.0 Å². The Bertz CT molecular complexity index is 543. The maximum absolute atomic E-state index is 9.00. The minimum atomic E-state index is 0.195. The van der Waals surface area contributed by atoms with Crippen LogP contribution in [0, 0.1) is 5.92 Å². The van der Waals surface area contributed by atoms with Crippen molar-refractivity contribution in [3.8, 4) is 5.88 Å². The summed E-state index contributed by atoms with van der Waals surface area (Å²) in [5, 5.41) is 13.4. The number of benzene rings is 1. The first kappa shape index (κ1) is 13.8. The predicted molar refractivity (Wildman–Crippen MR) is 76.3 cm³/mol. The van der Waals surface area contributed by atoms with Crippen LogP contribution in [0.4, 0.5) is 0 Å². The molecule has 1 aromatic carbocycles. The Hall–Kier alpha value is -1.65. The number of aromatic nitrogens is 1. The van der Waals surface area contributed by atoms with Crippen LogP contribution in [-0.4, -0.2) is 30.4 Å². The molecule has 0 aliphatic heterocycles. The third-order valence-corrected chi connectivity index (χ3v) is 3.08. The van der Waals surface area contributed by atoms with Crippen molar-refractivity contribution in [3.05, 3.63) is 35.9 Å². The van der Waals surface area contributed by atoms with Crippen molar-refractivity contribution in [1.82, 2.24) is 10.3 Å². The number of para-hydroxylation sites is 1. The van der Waals surface area contributed by atoms with Gasteiger partial charge in [0, 0.05) is 30.6 Å². The normalized spacial score (nSPS) is 12.6. The second kappa shape index (κ2) is 6.50. The van der Waals surface area contributed by atoms with Gasteiger partial charge in [-0.15, -0.1) is 0 Å². The molecule has 0 amide bonds. The Morgan fingerprint density at radius 3 is 2.89 bits per heavy atom. The van der Waals surface area contributed by atoms with Gasteiger partial charge in [0.1, 0.15) is 0 Å². The number of nitrogens with one attached hydrogen (secondary N) is 1. The van der Waals surface area contributed by atoms with Gasteiger partial charge in [-0.05, 0) is 18.1 Å². The second-order valence-corrected chi connectivity index (χ2v) is 4.77. The molecule has 4 nitrogen and oxygen atoms in total. The van der Waals surface area contributed by atoms with Crippen LogP contribution in [0.15, 0.2) is 30.3 Å². The first-order chi connectivity index (χ1) is 9.24. The molecule has 2 aromatic rings. The van der Waals surface area contributed by atoms with E-state index in [1.807, 2.05) is 31.2 Å². The highest BCUT2D eigenvalue weighted by molar-refractivity contribution is 5.80. The van der Waals surface area contributed by atoms with Crippen LogP contribution in [0.1, 0.15) is 12.5 Å². The molecule has 0 saturated carbocycles. The van der Waals surface area contributed by atoms with Crippen LogP contribution >= 0.6 is 0 Å². The lowest BCUT2D eigenvalue weighted by Crippen LogP contribution is -2.23. The van der Waals surface area contributed by atoms with Crippen molar-refractivity contribution in [2.75, 3.05) is 20.3 Å². The quantitative estimate of drug-likeness (QED) is 0.833. The maximum atomic E-state index is 9.00. The van der Waals surface area contributed by atoms with Crippen LogP contribution in [0.25, 0.3) is 10.9 Å². The Morgan fingerprint density at radius 1 is 1.37 bits per heavy atom. The fraction of sp³-hybridized carbons (Fsp3) is 0.400. The number of ether oxygens (including phenoxy) is 1. The van der Waals surface area contributed by atoms with E-state index in [1.165, 1.54) is 0 Å². The van der Waals surface area contributed by atoms with Gasteiger partial charge in [-0.1, -0.05) is 25.1 Å². The molecule has 4 heteroatoms. The van der Waals surface area contributed by atoms with E-state index >= 15 is 0 Å². The summed E-state index contributed by atoms with van der Waals surface area (Å²) in [5.74, 6) is 0.905. The van der Waals surface area contributed by atoms with Crippen molar-refractivity contribution in [2.45, 2.75) is 13.5 Å². The number of fused-ring (bicyclic) bond motifs is 1. The highest BCUT2D eigenvalue weighted by atomic mass is 16.5. The number of hydrogen-bond donors (Lipinski definition) is 2. The highest BCUT2D eigenvalue weighted by Gasteiger charge is 2.07. The van der Waals surface area contributed by atoms with Crippen molar-refractivity contribution in [1.29, 1.82) is 0 Å². The lowest BCUT2D eigenvalue weighted by Gasteiger charge is -2.12. The highest BCUT2D eigenvalue weighted by Crippen LogP contribution is 2.21. The van der Waals surface area contributed by atoms with Crippen molar-refractivity contribution in [3.63, 3.8) is 0 Å². The molecule has 0 radical (unpaired) electrons. The maximum Gasteiger partial charge on any atom is 0.218 e. The van der Waals surface area contributed by atoms with Gasteiger partial charge in [0.15, 0.2) is 0 Å². The number of nitrogens with zero attached hydrogens (tertiary/aromatic N) is 1. The molecule has 0 aliphatic rings. The fourth-order valence-corrected chi connectivity index (χ4v) is 1.96.